The number of carbonyl (C=O) groups is 1. The van der Waals surface area contributed by atoms with Gasteiger partial charge in [-0.3, -0.25) is 9.78 Å². The van der Waals surface area contributed by atoms with Crippen molar-refractivity contribution in [2.75, 3.05) is 33.4 Å². The number of nitrogens with one attached hydrogen (secondary N) is 1. The summed E-state index contributed by atoms with van der Waals surface area (Å²) in [6.07, 6.45) is 4.74. The molecule has 31 heavy (non-hydrogen) atoms. The molecule has 8 nitrogen and oxygen atoms in total. The van der Waals surface area contributed by atoms with Gasteiger partial charge in [0.15, 0.2) is 5.69 Å². The number of para-hydroxylation sites is 1. The van der Waals surface area contributed by atoms with E-state index in [1.165, 1.54) is 6.26 Å². The summed E-state index contributed by atoms with van der Waals surface area (Å²) in [5.74, 6) is 1.48. The quantitative estimate of drug-likeness (QED) is 0.596. The lowest BCUT2D eigenvalue weighted by molar-refractivity contribution is 0.0553. The highest BCUT2D eigenvalue weighted by Crippen LogP contribution is 2.29. The summed E-state index contributed by atoms with van der Waals surface area (Å²) in [6.45, 7) is 2.29. The number of ether oxygens (including phenoxy) is 2. The molecule has 2 aromatic heterocycles. The van der Waals surface area contributed by atoms with Crippen molar-refractivity contribution in [3.05, 3.63) is 60.7 Å². The van der Waals surface area contributed by atoms with Crippen LogP contribution < -0.4 is 14.8 Å². The van der Waals surface area contributed by atoms with Crippen LogP contribution in [0.4, 0.5) is 0 Å². The Balaban J connectivity index is 0.00000171. The number of methoxy groups -OCH3 is 1. The van der Waals surface area contributed by atoms with Crippen LogP contribution in [0.15, 0.2) is 59.5 Å². The first-order chi connectivity index (χ1) is 14.3. The summed E-state index contributed by atoms with van der Waals surface area (Å²) in [4.78, 5) is 23.3. The highest BCUT2D eigenvalue weighted by molar-refractivity contribution is 5.93. The van der Waals surface area contributed by atoms with Gasteiger partial charge in [-0.1, -0.05) is 12.1 Å². The van der Waals surface area contributed by atoms with Gasteiger partial charge in [0.25, 0.3) is 5.91 Å². The number of rotatable bonds is 6. The van der Waals surface area contributed by atoms with Crippen LogP contribution in [-0.4, -0.2) is 60.2 Å². The first kappa shape index (κ1) is 24.5. The zero-order chi connectivity index (χ0) is 20.1. The van der Waals surface area contributed by atoms with E-state index < -0.39 is 0 Å². The molecule has 0 aliphatic carbocycles. The molecule has 1 N–H and O–H groups in total. The second-order valence-corrected chi connectivity index (χ2v) is 6.59. The van der Waals surface area contributed by atoms with Gasteiger partial charge in [0.05, 0.1) is 24.9 Å². The molecule has 3 aromatic rings. The zero-order valence-electron chi connectivity index (χ0n) is 16.9. The molecule has 1 unspecified atom stereocenters. The molecule has 1 aromatic carbocycles. The minimum atomic E-state index is -0.184. The van der Waals surface area contributed by atoms with Crippen molar-refractivity contribution in [3.63, 3.8) is 0 Å². The van der Waals surface area contributed by atoms with E-state index in [2.05, 4.69) is 15.3 Å². The van der Waals surface area contributed by atoms with Crippen LogP contribution in [-0.2, 0) is 0 Å². The SMILES string of the molecule is COc1ccccc1-c1nc(C(=O)N2CCNCC2COc2cccnc2)co1.Cl.Cl. The Morgan fingerprint density at radius 2 is 2.10 bits per heavy atom. The fourth-order valence-corrected chi connectivity index (χ4v) is 3.27. The second kappa shape index (κ2) is 11.5. The maximum atomic E-state index is 13.1. The van der Waals surface area contributed by atoms with Crippen LogP contribution in [0.5, 0.6) is 11.5 Å². The van der Waals surface area contributed by atoms with Crippen molar-refractivity contribution < 1.29 is 18.7 Å². The van der Waals surface area contributed by atoms with Crippen LogP contribution in [0.3, 0.4) is 0 Å². The average molecular weight is 467 g/mol. The molecule has 1 amide bonds. The molecule has 166 valence electrons. The van der Waals surface area contributed by atoms with Crippen LogP contribution >= 0.6 is 24.8 Å². The Morgan fingerprint density at radius 1 is 1.26 bits per heavy atom. The summed E-state index contributed by atoms with van der Waals surface area (Å²) in [5.41, 5.74) is 0.963. The van der Waals surface area contributed by atoms with Gasteiger partial charge in [0.1, 0.15) is 24.4 Å². The van der Waals surface area contributed by atoms with Gasteiger partial charge in [-0.2, -0.15) is 0 Å². The van der Waals surface area contributed by atoms with Gasteiger partial charge in [0, 0.05) is 25.8 Å². The first-order valence-electron chi connectivity index (χ1n) is 9.39. The molecule has 0 saturated carbocycles. The molecular weight excluding hydrogens is 443 g/mol. The summed E-state index contributed by atoms with van der Waals surface area (Å²) >= 11 is 0. The monoisotopic (exact) mass is 466 g/mol. The number of hydrogen-bond acceptors (Lipinski definition) is 7. The third-order valence-corrected chi connectivity index (χ3v) is 4.75. The topological polar surface area (TPSA) is 89.7 Å². The van der Waals surface area contributed by atoms with Crippen LogP contribution in [0.25, 0.3) is 11.5 Å². The molecule has 4 rings (SSSR count). The Morgan fingerprint density at radius 3 is 2.87 bits per heavy atom. The number of hydrogen-bond donors (Lipinski definition) is 1. The maximum Gasteiger partial charge on any atom is 0.276 e. The minimum Gasteiger partial charge on any atom is -0.496 e. The predicted molar refractivity (Wildman–Crippen MR) is 120 cm³/mol. The van der Waals surface area contributed by atoms with Gasteiger partial charge in [-0.25, -0.2) is 4.98 Å². The fraction of sp³-hybridized carbons (Fsp3) is 0.286. The molecule has 10 heteroatoms. The lowest BCUT2D eigenvalue weighted by atomic mass is 10.2. The second-order valence-electron chi connectivity index (χ2n) is 6.59. The average Bonchev–Trinajstić information content (AvgIpc) is 3.28. The number of nitrogens with zero attached hydrogens (tertiary/aromatic N) is 3. The fourth-order valence-electron chi connectivity index (χ4n) is 3.27. The smallest absolute Gasteiger partial charge is 0.276 e. The van der Waals surface area contributed by atoms with E-state index in [0.717, 1.165) is 0 Å². The van der Waals surface area contributed by atoms with Crippen LogP contribution in [0, 0.1) is 0 Å². The first-order valence-corrected chi connectivity index (χ1v) is 9.39. The Hall–Kier alpha value is -2.81. The van der Waals surface area contributed by atoms with E-state index in [1.54, 1.807) is 24.4 Å². The highest BCUT2D eigenvalue weighted by atomic mass is 35.5. The van der Waals surface area contributed by atoms with Gasteiger partial charge < -0.3 is 24.1 Å². The third kappa shape index (κ3) is 5.66. The van der Waals surface area contributed by atoms with Crippen molar-refractivity contribution in [1.82, 2.24) is 20.2 Å². The van der Waals surface area contributed by atoms with Crippen molar-refractivity contribution in [2.45, 2.75) is 6.04 Å². The number of pyridine rings is 1. The van der Waals surface area contributed by atoms with Crippen molar-refractivity contribution in [2.24, 2.45) is 0 Å². The zero-order valence-corrected chi connectivity index (χ0v) is 18.5. The lowest BCUT2D eigenvalue weighted by Crippen LogP contribution is -2.56. The van der Waals surface area contributed by atoms with Gasteiger partial charge in [-0.15, -0.1) is 24.8 Å². The summed E-state index contributed by atoms with van der Waals surface area (Å²) in [5, 5.41) is 3.30. The Bertz CT molecular complexity index is 971. The van der Waals surface area contributed by atoms with E-state index in [9.17, 15) is 4.79 Å². The number of halogens is 2. The van der Waals surface area contributed by atoms with Crippen LogP contribution in [0.2, 0.25) is 0 Å². The number of piperazine rings is 1. The molecular formula is C21H24Cl2N4O4. The van der Waals surface area contributed by atoms with Gasteiger partial charge in [-0.05, 0) is 24.3 Å². The predicted octanol–water partition coefficient (Wildman–Crippen LogP) is 3.08. The van der Waals surface area contributed by atoms with Crippen molar-refractivity contribution in [1.29, 1.82) is 0 Å². The normalized spacial score (nSPS) is 15.4. The van der Waals surface area contributed by atoms with E-state index in [-0.39, 0.29) is 42.5 Å². The van der Waals surface area contributed by atoms with Gasteiger partial charge >= 0.3 is 0 Å². The highest BCUT2D eigenvalue weighted by Gasteiger charge is 2.30. The van der Waals surface area contributed by atoms with Crippen molar-refractivity contribution in [3.8, 4) is 23.0 Å². The number of aromatic nitrogens is 2. The summed E-state index contributed by atoms with van der Waals surface area (Å²) in [6, 6.07) is 10.9. The molecule has 1 aliphatic heterocycles. The number of benzene rings is 1. The maximum absolute atomic E-state index is 13.1. The summed E-state index contributed by atoms with van der Waals surface area (Å²) in [7, 11) is 1.58. The van der Waals surface area contributed by atoms with E-state index in [0.29, 0.717) is 49.2 Å². The molecule has 0 radical (unpaired) electrons. The van der Waals surface area contributed by atoms with E-state index >= 15 is 0 Å². The van der Waals surface area contributed by atoms with Gasteiger partial charge in [0.2, 0.25) is 5.89 Å². The molecule has 0 spiro atoms. The third-order valence-electron chi connectivity index (χ3n) is 4.75. The standard InChI is InChI=1S/C21H22N4O4.2ClH/c1-27-19-7-3-2-6-17(19)20-24-18(14-29-20)21(26)25-10-9-23-11-15(25)13-28-16-5-4-8-22-12-16;;/h2-8,12,14-15,23H,9-11,13H2,1H3;2*1H. The molecule has 1 aliphatic rings. The Labute approximate surface area is 192 Å². The largest absolute Gasteiger partial charge is 0.496 e. The molecule has 1 saturated heterocycles. The molecule has 1 fully saturated rings. The summed E-state index contributed by atoms with van der Waals surface area (Å²) < 4.78 is 16.7. The van der Waals surface area contributed by atoms with Crippen LogP contribution in [0.1, 0.15) is 10.5 Å². The lowest BCUT2D eigenvalue weighted by Gasteiger charge is -2.35. The number of carbonyl (C=O) groups excluding carboxylic acids is 1. The molecule has 1 atom stereocenters. The van der Waals surface area contributed by atoms with E-state index in [1.807, 2.05) is 36.4 Å². The molecule has 3 heterocycles. The van der Waals surface area contributed by atoms with Crippen molar-refractivity contribution >= 4 is 30.7 Å². The Kier molecular flexibility index (Phi) is 9.11. The number of amides is 1. The minimum absolute atomic E-state index is 0. The van der Waals surface area contributed by atoms with E-state index in [4.69, 9.17) is 13.9 Å². The molecule has 0 bridgehead atoms. The number of oxazole rings is 1.